The first-order valence-electron chi connectivity index (χ1n) is 2.30. The van der Waals surface area contributed by atoms with Crippen LogP contribution < -0.4 is 0 Å². The van der Waals surface area contributed by atoms with Crippen molar-refractivity contribution < 1.29 is 0 Å². The molecule has 42 valence electrons. The second-order valence-electron chi connectivity index (χ2n) is 1.37. The Bertz CT molecular complexity index is 148. The number of allylic oxidation sites excluding steroid dienone is 2. The molecule has 0 spiro atoms. The predicted octanol–water partition coefficient (Wildman–Crippen LogP) is 1.16. The van der Waals surface area contributed by atoms with E-state index in [0.717, 1.165) is 0 Å². The first-order valence-corrected chi connectivity index (χ1v) is 2.30. The van der Waals surface area contributed by atoms with Gasteiger partial charge in [0, 0.05) is 18.8 Å². The Hall–Kier alpha value is -1.10. The minimum absolute atomic E-state index is 0.676. The van der Waals surface area contributed by atoms with Crippen LogP contribution in [0.5, 0.6) is 0 Å². The molecule has 0 aromatic carbocycles. The Morgan fingerprint density at radius 1 is 1.75 bits per heavy atom. The summed E-state index contributed by atoms with van der Waals surface area (Å²) in [5, 5.41) is 8.18. The number of aliphatic imine (C=N–C) groups is 1. The van der Waals surface area contributed by atoms with E-state index < -0.39 is 0 Å². The Morgan fingerprint density at radius 2 is 2.38 bits per heavy atom. The summed E-state index contributed by atoms with van der Waals surface area (Å²) in [4.78, 5) is 3.67. The Labute approximate surface area is 49.2 Å². The van der Waals surface area contributed by atoms with Gasteiger partial charge in [0.05, 0.1) is 6.07 Å². The highest BCUT2D eigenvalue weighted by Crippen LogP contribution is 1.83. The Morgan fingerprint density at radius 3 is 2.75 bits per heavy atom. The van der Waals surface area contributed by atoms with Gasteiger partial charge in [-0.3, -0.25) is 4.99 Å². The van der Waals surface area contributed by atoms with Crippen molar-refractivity contribution in [1.82, 2.24) is 0 Å². The van der Waals surface area contributed by atoms with Crippen molar-refractivity contribution in [3.63, 3.8) is 0 Å². The molecule has 0 aromatic heterocycles. The van der Waals surface area contributed by atoms with Crippen LogP contribution in [0.4, 0.5) is 0 Å². The maximum absolute atomic E-state index is 8.18. The van der Waals surface area contributed by atoms with E-state index in [1.165, 1.54) is 0 Å². The van der Waals surface area contributed by atoms with Gasteiger partial charge in [0.15, 0.2) is 0 Å². The second kappa shape index (κ2) is 4.07. The molecule has 2 nitrogen and oxygen atoms in total. The quantitative estimate of drug-likeness (QED) is 0.366. The molecule has 8 heavy (non-hydrogen) atoms. The molecule has 0 atom stereocenters. The number of nitrogens with zero attached hydrogens (tertiary/aromatic N) is 2. The molecule has 0 aliphatic rings. The molecule has 0 unspecified atom stereocenters. The molecule has 0 saturated heterocycles. The van der Waals surface area contributed by atoms with Gasteiger partial charge in [-0.15, -0.1) is 0 Å². The number of hydrogen-bond donors (Lipinski definition) is 0. The molecule has 0 bridgehead atoms. The minimum Gasteiger partial charge on any atom is -0.296 e. The summed E-state index contributed by atoms with van der Waals surface area (Å²) >= 11 is 0. The molecule has 0 rings (SSSR count). The van der Waals surface area contributed by atoms with Crippen molar-refractivity contribution in [1.29, 1.82) is 5.26 Å². The molecular weight excluding hydrogens is 100 g/mol. The smallest absolute Gasteiger partial charge is 0.0944 e. The lowest BCUT2D eigenvalue weighted by Gasteiger charge is -1.74. The first-order chi connectivity index (χ1) is 3.81. The SMILES string of the molecule is CN=C/C=C(\C)C#N. The van der Waals surface area contributed by atoms with Gasteiger partial charge in [0.1, 0.15) is 0 Å². The van der Waals surface area contributed by atoms with Crippen LogP contribution in [0.25, 0.3) is 0 Å². The average molecular weight is 108 g/mol. The predicted molar refractivity (Wildman–Crippen MR) is 33.8 cm³/mol. The Kier molecular flexibility index (Phi) is 3.51. The van der Waals surface area contributed by atoms with Gasteiger partial charge in [-0.1, -0.05) is 0 Å². The molecule has 0 radical (unpaired) electrons. The van der Waals surface area contributed by atoms with Crippen LogP contribution in [0.1, 0.15) is 6.92 Å². The van der Waals surface area contributed by atoms with E-state index in [1.807, 2.05) is 6.07 Å². The minimum atomic E-state index is 0.676. The lowest BCUT2D eigenvalue weighted by atomic mass is 10.3. The van der Waals surface area contributed by atoms with E-state index in [9.17, 15) is 0 Å². The molecule has 0 fully saturated rings. The zero-order valence-corrected chi connectivity index (χ0v) is 5.05. The van der Waals surface area contributed by atoms with Crippen LogP contribution in [-0.2, 0) is 0 Å². The molecule has 0 aromatic rings. The van der Waals surface area contributed by atoms with Crippen molar-refractivity contribution in [2.24, 2.45) is 4.99 Å². The number of hydrogen-bond acceptors (Lipinski definition) is 2. The molecule has 0 N–H and O–H groups in total. The maximum atomic E-state index is 8.18. The third kappa shape index (κ3) is 3.10. The largest absolute Gasteiger partial charge is 0.296 e. The normalized spacial score (nSPS) is 11.9. The van der Waals surface area contributed by atoms with E-state index >= 15 is 0 Å². The fraction of sp³-hybridized carbons (Fsp3) is 0.333. The second-order valence-corrected chi connectivity index (χ2v) is 1.37. The summed E-state index contributed by atoms with van der Waals surface area (Å²) in [5.41, 5.74) is 0.676. The number of rotatable bonds is 1. The average Bonchev–Trinajstić information content (AvgIpc) is 1.83. The molecule has 0 aliphatic carbocycles. The fourth-order valence-corrected chi connectivity index (χ4v) is 0.224. The zero-order valence-electron chi connectivity index (χ0n) is 5.05. The molecule has 0 heterocycles. The van der Waals surface area contributed by atoms with Crippen LogP contribution in [0.15, 0.2) is 16.6 Å². The van der Waals surface area contributed by atoms with E-state index in [1.54, 1.807) is 26.3 Å². The van der Waals surface area contributed by atoms with Crippen molar-refractivity contribution >= 4 is 6.21 Å². The van der Waals surface area contributed by atoms with Crippen molar-refractivity contribution in [2.75, 3.05) is 7.05 Å². The van der Waals surface area contributed by atoms with Crippen molar-refractivity contribution in [3.8, 4) is 6.07 Å². The summed E-state index contributed by atoms with van der Waals surface area (Å²) in [6, 6.07) is 1.97. The van der Waals surface area contributed by atoms with Gasteiger partial charge in [-0.25, -0.2) is 0 Å². The summed E-state index contributed by atoms with van der Waals surface area (Å²) < 4.78 is 0. The molecular formula is C6H8N2. The van der Waals surface area contributed by atoms with Crippen molar-refractivity contribution in [3.05, 3.63) is 11.6 Å². The van der Waals surface area contributed by atoms with E-state index in [4.69, 9.17) is 5.26 Å². The standard InChI is InChI=1S/C6H8N2/c1-6(5-7)3-4-8-2/h3-4H,1-2H3/b6-3+,8-4?. The summed E-state index contributed by atoms with van der Waals surface area (Å²) in [6.07, 6.45) is 3.26. The summed E-state index contributed by atoms with van der Waals surface area (Å²) in [7, 11) is 1.67. The van der Waals surface area contributed by atoms with Crippen LogP contribution in [0, 0.1) is 11.3 Å². The highest BCUT2D eigenvalue weighted by molar-refractivity contribution is 5.72. The van der Waals surface area contributed by atoms with Gasteiger partial charge < -0.3 is 0 Å². The van der Waals surface area contributed by atoms with Gasteiger partial charge in [0.2, 0.25) is 0 Å². The molecule has 0 saturated carbocycles. The summed E-state index contributed by atoms with van der Waals surface area (Å²) in [5.74, 6) is 0. The van der Waals surface area contributed by atoms with Crippen LogP contribution in [-0.4, -0.2) is 13.3 Å². The topological polar surface area (TPSA) is 36.1 Å². The third-order valence-electron chi connectivity index (χ3n) is 0.650. The Balaban J connectivity index is 3.81. The highest BCUT2D eigenvalue weighted by atomic mass is 14.6. The monoisotopic (exact) mass is 108 g/mol. The van der Waals surface area contributed by atoms with E-state index in [-0.39, 0.29) is 0 Å². The van der Waals surface area contributed by atoms with E-state index in [0.29, 0.717) is 5.57 Å². The molecule has 2 heteroatoms. The fourth-order valence-electron chi connectivity index (χ4n) is 0.224. The molecule has 0 aliphatic heterocycles. The molecule has 0 amide bonds. The van der Waals surface area contributed by atoms with Crippen LogP contribution in [0.3, 0.4) is 0 Å². The maximum Gasteiger partial charge on any atom is 0.0944 e. The van der Waals surface area contributed by atoms with Gasteiger partial charge in [-0.2, -0.15) is 5.26 Å². The third-order valence-corrected chi connectivity index (χ3v) is 0.650. The van der Waals surface area contributed by atoms with Crippen molar-refractivity contribution in [2.45, 2.75) is 6.92 Å². The summed E-state index contributed by atoms with van der Waals surface area (Å²) in [6.45, 7) is 1.74. The van der Waals surface area contributed by atoms with E-state index in [2.05, 4.69) is 4.99 Å². The lowest BCUT2D eigenvalue weighted by Crippen LogP contribution is -1.68. The zero-order chi connectivity index (χ0) is 6.41. The van der Waals surface area contributed by atoms with Crippen LogP contribution in [0.2, 0.25) is 0 Å². The van der Waals surface area contributed by atoms with Gasteiger partial charge >= 0.3 is 0 Å². The van der Waals surface area contributed by atoms with Gasteiger partial charge in [-0.05, 0) is 13.0 Å². The lowest BCUT2D eigenvalue weighted by molar-refractivity contribution is 1.44. The number of nitriles is 1. The van der Waals surface area contributed by atoms with Gasteiger partial charge in [0.25, 0.3) is 0 Å². The highest BCUT2D eigenvalue weighted by Gasteiger charge is 1.75. The van der Waals surface area contributed by atoms with Crippen LogP contribution >= 0.6 is 0 Å². The first kappa shape index (κ1) is 6.90.